The van der Waals surface area contributed by atoms with Crippen LogP contribution in [0, 0.1) is 0 Å². The van der Waals surface area contributed by atoms with Crippen LogP contribution in [-0.2, 0) is 9.84 Å². The number of halogens is 3. The molecule has 7 nitrogen and oxygen atoms in total. The number of anilines is 1. The highest BCUT2D eigenvalue weighted by atomic mass is 32.2. The lowest BCUT2D eigenvalue weighted by Crippen LogP contribution is -2.34. The molecule has 0 unspecified atom stereocenters. The minimum Gasteiger partial charge on any atom is -0.406 e. The normalized spacial score (nSPS) is 14.1. The van der Waals surface area contributed by atoms with Crippen molar-refractivity contribution in [2.24, 2.45) is 0 Å². The van der Waals surface area contributed by atoms with Gasteiger partial charge in [-0.25, -0.2) is 13.1 Å². The molecule has 1 aliphatic heterocycles. The number of allylic oxidation sites excluding steroid dienone is 2. The molecular weight excluding hydrogens is 445 g/mol. The van der Waals surface area contributed by atoms with Crippen molar-refractivity contribution in [1.29, 1.82) is 0 Å². The van der Waals surface area contributed by atoms with E-state index in [1.807, 2.05) is 0 Å². The van der Waals surface area contributed by atoms with Gasteiger partial charge < -0.3 is 4.74 Å². The maximum atomic E-state index is 12.6. The van der Waals surface area contributed by atoms with Crippen LogP contribution in [0.25, 0.3) is 11.4 Å². The van der Waals surface area contributed by atoms with Crippen molar-refractivity contribution in [2.75, 3.05) is 11.3 Å². The second-order valence-electron chi connectivity index (χ2n) is 6.85. The number of hydrazine groups is 1. The summed E-state index contributed by atoms with van der Waals surface area (Å²) in [6.45, 7) is 0. The van der Waals surface area contributed by atoms with Gasteiger partial charge in [-0.2, -0.15) is 5.10 Å². The molecule has 32 heavy (non-hydrogen) atoms. The predicted octanol–water partition coefficient (Wildman–Crippen LogP) is 4.05. The number of benzene rings is 2. The predicted molar refractivity (Wildman–Crippen MR) is 113 cm³/mol. The number of sulfone groups is 1. The Labute approximate surface area is 181 Å². The summed E-state index contributed by atoms with van der Waals surface area (Å²) in [6.07, 6.45) is 3.07. The maximum Gasteiger partial charge on any atom is 0.573 e. The fourth-order valence-corrected chi connectivity index (χ4v) is 3.77. The van der Waals surface area contributed by atoms with Crippen LogP contribution in [0.1, 0.15) is 5.69 Å². The van der Waals surface area contributed by atoms with Crippen molar-refractivity contribution in [1.82, 2.24) is 15.2 Å². The van der Waals surface area contributed by atoms with E-state index in [0.717, 1.165) is 6.26 Å². The minimum absolute atomic E-state index is 0.174. The van der Waals surface area contributed by atoms with Crippen molar-refractivity contribution in [2.45, 2.75) is 11.3 Å². The summed E-state index contributed by atoms with van der Waals surface area (Å²) in [5, 5.41) is 5.85. The van der Waals surface area contributed by atoms with E-state index in [9.17, 15) is 21.6 Å². The molecule has 3 aromatic rings. The number of aromatic nitrogens is 2. The van der Waals surface area contributed by atoms with Gasteiger partial charge in [0.15, 0.2) is 9.84 Å². The van der Waals surface area contributed by atoms with Crippen LogP contribution in [0.4, 0.5) is 18.9 Å². The molecule has 0 saturated heterocycles. The maximum absolute atomic E-state index is 12.6. The Kier molecular flexibility index (Phi) is 5.43. The lowest BCUT2D eigenvalue weighted by atomic mass is 10.2. The van der Waals surface area contributed by atoms with Crippen molar-refractivity contribution >= 4 is 21.2 Å². The Morgan fingerprint density at radius 1 is 1.03 bits per heavy atom. The van der Waals surface area contributed by atoms with Crippen LogP contribution in [-0.4, -0.2) is 30.8 Å². The van der Waals surface area contributed by atoms with Gasteiger partial charge >= 0.3 is 6.36 Å². The molecule has 1 aliphatic rings. The van der Waals surface area contributed by atoms with Crippen molar-refractivity contribution in [3.8, 4) is 11.4 Å². The van der Waals surface area contributed by atoms with E-state index in [1.54, 1.807) is 47.6 Å². The number of ether oxygens (including phenoxy) is 1. The fourth-order valence-electron chi connectivity index (χ4n) is 3.11. The van der Waals surface area contributed by atoms with Crippen LogP contribution >= 0.6 is 0 Å². The summed E-state index contributed by atoms with van der Waals surface area (Å²) in [4.78, 5) is 0.174. The highest BCUT2D eigenvalue weighted by molar-refractivity contribution is 7.90. The lowest BCUT2D eigenvalue weighted by molar-refractivity contribution is -0.274. The van der Waals surface area contributed by atoms with Gasteiger partial charge in [0.05, 0.1) is 33.9 Å². The Morgan fingerprint density at radius 2 is 1.78 bits per heavy atom. The first-order valence-corrected chi connectivity index (χ1v) is 11.1. The van der Waals surface area contributed by atoms with Crippen LogP contribution in [0.5, 0.6) is 5.75 Å². The number of hydrogen-bond donors (Lipinski definition) is 1. The average Bonchev–Trinajstić information content (AvgIpc) is 3.22. The van der Waals surface area contributed by atoms with Gasteiger partial charge in [-0.15, -0.1) is 13.2 Å². The summed E-state index contributed by atoms with van der Waals surface area (Å²) in [5.41, 5.74) is 5.28. The highest BCUT2D eigenvalue weighted by Crippen LogP contribution is 2.27. The van der Waals surface area contributed by atoms with E-state index >= 15 is 0 Å². The fraction of sp³-hybridized carbons (Fsp3) is 0.0952. The quantitative estimate of drug-likeness (QED) is 0.617. The first kappa shape index (κ1) is 21.5. The summed E-state index contributed by atoms with van der Waals surface area (Å²) in [6, 6.07) is 13.6. The molecule has 0 fully saturated rings. The third kappa shape index (κ3) is 4.78. The van der Waals surface area contributed by atoms with E-state index in [2.05, 4.69) is 15.3 Å². The van der Waals surface area contributed by atoms with Crippen molar-refractivity contribution in [3.05, 3.63) is 84.8 Å². The van der Waals surface area contributed by atoms with Crippen LogP contribution in [0.15, 0.2) is 84.0 Å². The van der Waals surface area contributed by atoms with Crippen molar-refractivity contribution in [3.63, 3.8) is 0 Å². The third-order valence-corrected chi connectivity index (χ3v) is 5.59. The van der Waals surface area contributed by atoms with Crippen LogP contribution < -0.4 is 15.2 Å². The van der Waals surface area contributed by atoms with Crippen molar-refractivity contribution < 1.29 is 26.3 Å². The molecule has 0 spiro atoms. The zero-order valence-corrected chi connectivity index (χ0v) is 17.4. The molecule has 1 N–H and O–H groups in total. The van der Waals surface area contributed by atoms with Crippen LogP contribution in [0.3, 0.4) is 0 Å². The van der Waals surface area contributed by atoms with E-state index in [-0.39, 0.29) is 10.6 Å². The molecular formula is C21H17F3N4O3S. The second-order valence-corrected chi connectivity index (χ2v) is 8.86. The summed E-state index contributed by atoms with van der Waals surface area (Å²) < 4.78 is 66.9. The number of nitrogens with one attached hydrogen (secondary N) is 1. The molecule has 0 amide bonds. The van der Waals surface area contributed by atoms with E-state index in [0.29, 0.717) is 22.8 Å². The van der Waals surface area contributed by atoms with Gasteiger partial charge in [-0.05, 0) is 48.6 Å². The SMILES string of the molecule is CS(=O)(=O)c1cccc(N2C=CC=C(c3ccnn3-c3cccc(OC(F)(F)F)c3)N2)c1. The Morgan fingerprint density at radius 3 is 2.53 bits per heavy atom. The Hall–Kier alpha value is -3.73. The molecule has 0 aliphatic carbocycles. The Balaban J connectivity index is 1.62. The zero-order chi connectivity index (χ0) is 22.9. The van der Waals surface area contributed by atoms with Gasteiger partial charge in [-0.3, -0.25) is 10.4 Å². The molecule has 0 radical (unpaired) electrons. The number of hydrogen-bond acceptors (Lipinski definition) is 6. The number of rotatable bonds is 5. The minimum atomic E-state index is -4.80. The zero-order valence-electron chi connectivity index (χ0n) is 16.6. The second kappa shape index (κ2) is 8.08. The van der Waals surface area contributed by atoms with Gasteiger partial charge in [0.1, 0.15) is 5.75 Å². The van der Waals surface area contributed by atoms with Gasteiger partial charge in [0.2, 0.25) is 0 Å². The summed E-state index contributed by atoms with van der Waals surface area (Å²) in [7, 11) is -3.38. The average molecular weight is 462 g/mol. The van der Waals surface area contributed by atoms with E-state index < -0.39 is 16.2 Å². The lowest BCUT2D eigenvalue weighted by Gasteiger charge is -2.27. The molecule has 11 heteroatoms. The van der Waals surface area contributed by atoms with E-state index in [1.165, 1.54) is 41.2 Å². The molecule has 1 aromatic heterocycles. The smallest absolute Gasteiger partial charge is 0.406 e. The molecule has 166 valence electrons. The van der Waals surface area contributed by atoms with Gasteiger partial charge in [0.25, 0.3) is 0 Å². The first-order chi connectivity index (χ1) is 15.1. The standard InChI is InChI=1S/C21H17F3N4O3S/c1-32(29,30)18-8-3-5-15(14-18)27-12-4-9-19(26-27)20-10-11-25-28(20)16-6-2-7-17(13-16)31-21(22,23)24/h2-14,26H,1H3. The molecule has 0 saturated carbocycles. The summed E-state index contributed by atoms with van der Waals surface area (Å²) >= 11 is 0. The molecule has 2 heterocycles. The van der Waals surface area contributed by atoms with Gasteiger partial charge in [0, 0.05) is 18.5 Å². The molecule has 4 rings (SSSR count). The Bertz CT molecular complexity index is 1310. The van der Waals surface area contributed by atoms with Gasteiger partial charge in [-0.1, -0.05) is 12.1 Å². The molecule has 0 bridgehead atoms. The highest BCUT2D eigenvalue weighted by Gasteiger charge is 2.31. The van der Waals surface area contributed by atoms with Crippen LogP contribution in [0.2, 0.25) is 0 Å². The number of nitrogens with zero attached hydrogens (tertiary/aromatic N) is 3. The monoisotopic (exact) mass is 462 g/mol. The first-order valence-electron chi connectivity index (χ1n) is 9.25. The largest absolute Gasteiger partial charge is 0.573 e. The third-order valence-electron chi connectivity index (χ3n) is 4.48. The summed E-state index contributed by atoms with van der Waals surface area (Å²) in [5.74, 6) is -0.360. The molecule has 0 atom stereocenters. The topological polar surface area (TPSA) is 76.5 Å². The number of alkyl halides is 3. The van der Waals surface area contributed by atoms with E-state index in [4.69, 9.17) is 0 Å². The molecule has 2 aromatic carbocycles.